The lowest BCUT2D eigenvalue weighted by molar-refractivity contribution is 0.423. The number of nitriles is 1. The number of hydrogen-bond acceptors (Lipinski definition) is 3. The van der Waals surface area contributed by atoms with E-state index >= 15 is 0 Å². The molecule has 0 amide bonds. The average molecular weight is 165 g/mol. The fourth-order valence-electron chi connectivity index (χ4n) is 0.811. The number of halogens is 1. The molecule has 12 heavy (non-hydrogen) atoms. The molecule has 0 saturated heterocycles. The van der Waals surface area contributed by atoms with Crippen LogP contribution >= 0.6 is 0 Å². The predicted octanol–water partition coefficient (Wildman–Crippen LogP) is -0.623. The van der Waals surface area contributed by atoms with Crippen LogP contribution in [0.1, 0.15) is 5.56 Å². The predicted molar refractivity (Wildman–Crippen MR) is 40.9 cm³/mol. The summed E-state index contributed by atoms with van der Waals surface area (Å²) in [4.78, 5) is 0. The highest BCUT2D eigenvalue weighted by Gasteiger charge is 2.16. The van der Waals surface area contributed by atoms with E-state index < -0.39 is 12.9 Å². The van der Waals surface area contributed by atoms with Crippen molar-refractivity contribution in [3.8, 4) is 6.07 Å². The van der Waals surface area contributed by atoms with Crippen LogP contribution in [0, 0.1) is 17.1 Å². The topological polar surface area (TPSA) is 64.2 Å². The summed E-state index contributed by atoms with van der Waals surface area (Å²) < 4.78 is 12.7. The van der Waals surface area contributed by atoms with Crippen LogP contribution in [-0.4, -0.2) is 17.2 Å². The molecule has 0 spiro atoms. The quantitative estimate of drug-likeness (QED) is 0.544. The molecule has 3 nitrogen and oxygen atoms in total. The SMILES string of the molecule is N#Cc1ccc(F)c(B(O)O)c1. The zero-order valence-corrected chi connectivity index (χ0v) is 6.03. The van der Waals surface area contributed by atoms with Gasteiger partial charge in [0, 0.05) is 5.46 Å². The van der Waals surface area contributed by atoms with Gasteiger partial charge in [-0.1, -0.05) is 0 Å². The van der Waals surface area contributed by atoms with Crippen LogP contribution in [0.3, 0.4) is 0 Å². The number of benzene rings is 1. The Balaban J connectivity index is 3.19. The van der Waals surface area contributed by atoms with E-state index in [-0.39, 0.29) is 11.0 Å². The van der Waals surface area contributed by atoms with E-state index in [1.54, 1.807) is 6.07 Å². The third kappa shape index (κ3) is 1.61. The highest BCUT2D eigenvalue weighted by atomic mass is 19.1. The molecule has 0 radical (unpaired) electrons. The molecule has 0 bridgehead atoms. The lowest BCUT2D eigenvalue weighted by atomic mass is 9.79. The highest BCUT2D eigenvalue weighted by molar-refractivity contribution is 6.58. The van der Waals surface area contributed by atoms with E-state index in [9.17, 15) is 4.39 Å². The molecule has 0 unspecified atom stereocenters. The Bertz CT molecular complexity index is 335. The second-order valence-corrected chi connectivity index (χ2v) is 2.22. The molecule has 60 valence electrons. The lowest BCUT2D eigenvalue weighted by Gasteiger charge is -2.00. The zero-order chi connectivity index (χ0) is 9.14. The summed E-state index contributed by atoms with van der Waals surface area (Å²) in [5.74, 6) is -0.732. The molecule has 0 saturated carbocycles. The van der Waals surface area contributed by atoms with Crippen molar-refractivity contribution in [3.63, 3.8) is 0 Å². The second-order valence-electron chi connectivity index (χ2n) is 2.22. The summed E-state index contributed by atoms with van der Waals surface area (Å²) in [7, 11) is -1.88. The smallest absolute Gasteiger partial charge is 0.423 e. The maximum absolute atomic E-state index is 12.7. The van der Waals surface area contributed by atoms with E-state index in [0.717, 1.165) is 12.1 Å². The summed E-state index contributed by atoms with van der Waals surface area (Å²) in [6, 6.07) is 5.14. The van der Waals surface area contributed by atoms with Gasteiger partial charge in [0.2, 0.25) is 0 Å². The second kappa shape index (κ2) is 3.35. The third-order valence-corrected chi connectivity index (χ3v) is 1.40. The minimum Gasteiger partial charge on any atom is -0.423 e. The first-order valence-corrected chi connectivity index (χ1v) is 3.21. The summed E-state index contributed by atoms with van der Waals surface area (Å²) in [6.07, 6.45) is 0. The van der Waals surface area contributed by atoms with Crippen LogP contribution < -0.4 is 5.46 Å². The molecule has 0 aliphatic rings. The standard InChI is InChI=1S/C7H5BFNO2/c9-7-2-1-5(4-10)3-6(7)8(11)12/h1-3,11-12H. The Labute approximate surface area is 68.8 Å². The Kier molecular flexibility index (Phi) is 2.43. The van der Waals surface area contributed by atoms with Gasteiger partial charge in [0.05, 0.1) is 11.6 Å². The van der Waals surface area contributed by atoms with Gasteiger partial charge in [0.15, 0.2) is 0 Å². The first-order valence-electron chi connectivity index (χ1n) is 3.21. The molecular weight excluding hydrogens is 160 g/mol. The van der Waals surface area contributed by atoms with Gasteiger partial charge in [-0.2, -0.15) is 5.26 Å². The lowest BCUT2D eigenvalue weighted by Crippen LogP contribution is -2.32. The molecule has 1 aromatic carbocycles. The Hall–Kier alpha value is -1.38. The van der Waals surface area contributed by atoms with Gasteiger partial charge in [0.25, 0.3) is 0 Å². The van der Waals surface area contributed by atoms with Crippen LogP contribution in [0.15, 0.2) is 18.2 Å². The first kappa shape index (κ1) is 8.72. The maximum Gasteiger partial charge on any atom is 0.491 e. The van der Waals surface area contributed by atoms with Crippen LogP contribution in [0.5, 0.6) is 0 Å². The van der Waals surface area contributed by atoms with Crippen molar-refractivity contribution in [2.75, 3.05) is 0 Å². The number of nitrogens with zero attached hydrogens (tertiary/aromatic N) is 1. The van der Waals surface area contributed by atoms with Crippen molar-refractivity contribution >= 4 is 12.6 Å². The third-order valence-electron chi connectivity index (χ3n) is 1.40. The van der Waals surface area contributed by atoms with Crippen LogP contribution in [0.4, 0.5) is 4.39 Å². The number of hydrogen-bond donors (Lipinski definition) is 2. The van der Waals surface area contributed by atoms with Gasteiger partial charge >= 0.3 is 7.12 Å². The van der Waals surface area contributed by atoms with E-state index in [2.05, 4.69) is 0 Å². The normalized spacial score (nSPS) is 9.17. The molecule has 0 atom stereocenters. The summed E-state index contributed by atoms with van der Waals surface area (Å²) in [5, 5.41) is 25.7. The van der Waals surface area contributed by atoms with Crippen molar-refractivity contribution < 1.29 is 14.4 Å². The highest BCUT2D eigenvalue weighted by Crippen LogP contribution is 1.99. The maximum atomic E-state index is 12.7. The molecule has 1 aromatic rings. The minimum atomic E-state index is -1.88. The van der Waals surface area contributed by atoms with Crippen molar-refractivity contribution in [2.45, 2.75) is 0 Å². The molecule has 0 aromatic heterocycles. The monoisotopic (exact) mass is 165 g/mol. The van der Waals surface area contributed by atoms with E-state index in [4.69, 9.17) is 15.3 Å². The van der Waals surface area contributed by atoms with Gasteiger partial charge in [-0.05, 0) is 18.2 Å². The van der Waals surface area contributed by atoms with Gasteiger partial charge in [-0.3, -0.25) is 0 Å². The first-order chi connectivity index (χ1) is 5.65. The van der Waals surface area contributed by atoms with Gasteiger partial charge in [0.1, 0.15) is 5.82 Å². The molecule has 1 rings (SSSR count). The summed E-state index contributed by atoms with van der Waals surface area (Å²) in [5.41, 5.74) is -0.0893. The Morgan fingerprint density at radius 1 is 1.42 bits per heavy atom. The van der Waals surface area contributed by atoms with Gasteiger partial charge in [-0.25, -0.2) is 4.39 Å². The van der Waals surface area contributed by atoms with Crippen LogP contribution in [0.2, 0.25) is 0 Å². The average Bonchev–Trinajstić information content (AvgIpc) is 2.05. The molecule has 5 heteroatoms. The molecule has 2 N–H and O–H groups in total. The van der Waals surface area contributed by atoms with E-state index in [1.807, 2.05) is 0 Å². The largest absolute Gasteiger partial charge is 0.491 e. The fraction of sp³-hybridized carbons (Fsp3) is 0. The van der Waals surface area contributed by atoms with E-state index in [0.29, 0.717) is 0 Å². The van der Waals surface area contributed by atoms with Crippen LogP contribution in [-0.2, 0) is 0 Å². The van der Waals surface area contributed by atoms with Crippen molar-refractivity contribution in [1.29, 1.82) is 5.26 Å². The molecular formula is C7H5BFNO2. The fourth-order valence-corrected chi connectivity index (χ4v) is 0.811. The Morgan fingerprint density at radius 3 is 2.58 bits per heavy atom. The van der Waals surface area contributed by atoms with E-state index in [1.165, 1.54) is 6.07 Å². The molecule has 0 heterocycles. The van der Waals surface area contributed by atoms with Crippen molar-refractivity contribution in [1.82, 2.24) is 0 Å². The minimum absolute atomic E-state index is 0.194. The zero-order valence-electron chi connectivity index (χ0n) is 6.03. The summed E-state index contributed by atoms with van der Waals surface area (Å²) in [6.45, 7) is 0. The molecule has 0 fully saturated rings. The van der Waals surface area contributed by atoms with Gasteiger partial charge in [-0.15, -0.1) is 0 Å². The number of rotatable bonds is 1. The van der Waals surface area contributed by atoms with Crippen molar-refractivity contribution in [2.24, 2.45) is 0 Å². The summed E-state index contributed by atoms with van der Waals surface area (Å²) >= 11 is 0. The van der Waals surface area contributed by atoms with Crippen molar-refractivity contribution in [3.05, 3.63) is 29.6 Å². The van der Waals surface area contributed by atoms with Gasteiger partial charge < -0.3 is 10.0 Å². The van der Waals surface area contributed by atoms with Crippen LogP contribution in [0.25, 0.3) is 0 Å². The molecule has 0 aliphatic carbocycles. The molecule has 0 aliphatic heterocycles. The Morgan fingerprint density at radius 2 is 2.08 bits per heavy atom.